The number of rotatable bonds is 7. The number of aromatic nitrogens is 1. The van der Waals surface area contributed by atoms with Crippen molar-refractivity contribution in [3.8, 4) is 5.75 Å². The Bertz CT molecular complexity index is 858. The molecule has 0 saturated heterocycles. The summed E-state index contributed by atoms with van der Waals surface area (Å²) < 4.78 is 22.3. The van der Waals surface area contributed by atoms with Crippen LogP contribution in [0.4, 0.5) is 4.39 Å². The van der Waals surface area contributed by atoms with Crippen LogP contribution in [-0.2, 0) is 19.9 Å². The molecule has 0 unspecified atom stereocenters. The highest BCUT2D eigenvalue weighted by atomic mass is 35.5. The van der Waals surface area contributed by atoms with Gasteiger partial charge in [0.05, 0.1) is 12.1 Å². The molecule has 1 heterocycles. The fraction of sp³-hybridized carbons (Fsp3) is 0.300. The maximum Gasteiger partial charge on any atom is 0.165 e. The summed E-state index contributed by atoms with van der Waals surface area (Å²) in [5, 5.41) is 4.72. The smallest absolute Gasteiger partial charge is 0.165 e. The zero-order chi connectivity index (χ0) is 17.8. The van der Waals surface area contributed by atoms with Gasteiger partial charge in [-0.2, -0.15) is 0 Å². The molecular formula is C20H22ClFN2O. The van der Waals surface area contributed by atoms with E-state index in [0.717, 1.165) is 35.0 Å². The first kappa shape index (κ1) is 17.8. The molecule has 5 heteroatoms. The number of benzene rings is 2. The van der Waals surface area contributed by atoms with Gasteiger partial charge in [0.15, 0.2) is 11.6 Å². The van der Waals surface area contributed by atoms with Crippen molar-refractivity contribution in [1.29, 1.82) is 0 Å². The molecule has 0 amide bonds. The van der Waals surface area contributed by atoms with Crippen LogP contribution in [0.2, 0.25) is 5.02 Å². The molecule has 0 atom stereocenters. The van der Waals surface area contributed by atoms with Gasteiger partial charge in [0, 0.05) is 30.1 Å². The summed E-state index contributed by atoms with van der Waals surface area (Å²) in [4.78, 5) is 0. The molecule has 0 bridgehead atoms. The highest BCUT2D eigenvalue weighted by molar-refractivity contribution is 6.30. The molecule has 2 aromatic carbocycles. The van der Waals surface area contributed by atoms with Gasteiger partial charge >= 0.3 is 0 Å². The molecule has 1 aromatic heterocycles. The van der Waals surface area contributed by atoms with E-state index in [-0.39, 0.29) is 5.82 Å². The number of hydrogen-bond donors (Lipinski definition) is 1. The van der Waals surface area contributed by atoms with Gasteiger partial charge in [-0.05, 0) is 55.4 Å². The normalized spacial score (nSPS) is 11.2. The van der Waals surface area contributed by atoms with Crippen LogP contribution >= 0.6 is 11.6 Å². The molecule has 1 N–H and O–H groups in total. The predicted octanol–water partition coefficient (Wildman–Crippen LogP) is 4.35. The molecule has 0 saturated carbocycles. The van der Waals surface area contributed by atoms with Gasteiger partial charge in [0.1, 0.15) is 0 Å². The maximum absolute atomic E-state index is 14.4. The molecule has 3 rings (SSSR count). The van der Waals surface area contributed by atoms with Gasteiger partial charge in [0.25, 0.3) is 0 Å². The summed E-state index contributed by atoms with van der Waals surface area (Å²) in [5.41, 5.74) is 3.18. The van der Waals surface area contributed by atoms with Crippen LogP contribution < -0.4 is 10.1 Å². The Morgan fingerprint density at radius 1 is 1.12 bits per heavy atom. The first-order valence-electron chi connectivity index (χ1n) is 8.38. The number of ether oxygens (including phenoxy) is 1. The first-order valence-corrected chi connectivity index (χ1v) is 8.76. The van der Waals surface area contributed by atoms with E-state index < -0.39 is 0 Å². The quantitative estimate of drug-likeness (QED) is 0.677. The first-order chi connectivity index (χ1) is 12.1. The Kier molecular flexibility index (Phi) is 5.61. The van der Waals surface area contributed by atoms with E-state index in [1.807, 2.05) is 49.1 Å². The molecule has 0 aliphatic rings. The van der Waals surface area contributed by atoms with Crippen molar-refractivity contribution in [2.45, 2.75) is 12.8 Å². The lowest BCUT2D eigenvalue weighted by molar-refractivity contribution is 0.309. The van der Waals surface area contributed by atoms with Crippen LogP contribution in [0.1, 0.15) is 11.1 Å². The molecule has 0 aliphatic heterocycles. The van der Waals surface area contributed by atoms with Crippen molar-refractivity contribution >= 4 is 22.5 Å². The van der Waals surface area contributed by atoms with Crippen LogP contribution in [0.5, 0.6) is 5.75 Å². The van der Waals surface area contributed by atoms with Gasteiger partial charge in [-0.1, -0.05) is 23.7 Å². The zero-order valence-corrected chi connectivity index (χ0v) is 15.2. The predicted molar refractivity (Wildman–Crippen MR) is 101 cm³/mol. The Hall–Kier alpha value is -2.04. The van der Waals surface area contributed by atoms with E-state index in [9.17, 15) is 4.39 Å². The minimum absolute atomic E-state index is 0.319. The molecule has 0 fully saturated rings. The Morgan fingerprint density at radius 2 is 1.88 bits per heavy atom. The highest BCUT2D eigenvalue weighted by Gasteiger charge is 2.16. The number of halogens is 2. The van der Waals surface area contributed by atoms with Crippen molar-refractivity contribution in [3.63, 3.8) is 0 Å². The number of likely N-dealkylation sites (N-methyl/N-ethyl adjacent to an activating group) is 1. The summed E-state index contributed by atoms with van der Waals surface area (Å²) in [5.74, 6) is 0.0266. The molecule has 132 valence electrons. The molecule has 0 aliphatic carbocycles. The molecule has 25 heavy (non-hydrogen) atoms. The van der Waals surface area contributed by atoms with Crippen molar-refractivity contribution in [1.82, 2.24) is 9.88 Å². The van der Waals surface area contributed by atoms with E-state index in [1.165, 1.54) is 6.07 Å². The zero-order valence-electron chi connectivity index (χ0n) is 14.5. The average molecular weight is 361 g/mol. The summed E-state index contributed by atoms with van der Waals surface area (Å²) in [7, 11) is 3.88. The number of aryl methyl sites for hydroxylation is 1. The second kappa shape index (κ2) is 7.89. The lowest BCUT2D eigenvalue weighted by atomic mass is 10.1. The lowest BCUT2D eigenvalue weighted by Crippen LogP contribution is -2.10. The Balaban J connectivity index is 1.83. The fourth-order valence-electron chi connectivity index (χ4n) is 3.03. The summed E-state index contributed by atoms with van der Waals surface area (Å²) in [6.45, 7) is 1.25. The number of fused-ring (bicyclic) bond motifs is 1. The van der Waals surface area contributed by atoms with E-state index in [1.54, 1.807) is 6.07 Å². The standard InChI is InChI=1S/C20H22ClFN2O/c1-23-11-9-15-13-24(2)18-8-7-17(22)20(19(15)18)25-12-10-14-3-5-16(21)6-4-14/h3-8,13,23H,9-12H2,1-2H3. The highest BCUT2D eigenvalue weighted by Crippen LogP contribution is 2.33. The third kappa shape index (κ3) is 3.97. The van der Waals surface area contributed by atoms with Crippen LogP contribution in [0.3, 0.4) is 0 Å². The summed E-state index contributed by atoms with van der Waals surface area (Å²) >= 11 is 5.90. The van der Waals surface area contributed by atoms with Crippen LogP contribution in [0.25, 0.3) is 10.9 Å². The minimum atomic E-state index is -0.319. The average Bonchev–Trinajstić information content (AvgIpc) is 2.92. The Morgan fingerprint density at radius 3 is 2.60 bits per heavy atom. The van der Waals surface area contributed by atoms with E-state index >= 15 is 0 Å². The monoisotopic (exact) mass is 360 g/mol. The maximum atomic E-state index is 14.4. The van der Waals surface area contributed by atoms with Gasteiger partial charge in [0.2, 0.25) is 0 Å². The SMILES string of the molecule is CNCCc1cn(C)c2ccc(F)c(OCCc3ccc(Cl)cc3)c12. The van der Waals surface area contributed by atoms with Gasteiger partial charge in [-0.25, -0.2) is 4.39 Å². The van der Waals surface area contributed by atoms with E-state index in [2.05, 4.69) is 5.32 Å². The minimum Gasteiger partial charge on any atom is -0.489 e. The van der Waals surface area contributed by atoms with E-state index in [4.69, 9.17) is 16.3 Å². The third-order valence-corrected chi connectivity index (χ3v) is 4.58. The van der Waals surface area contributed by atoms with Gasteiger partial charge < -0.3 is 14.6 Å². The van der Waals surface area contributed by atoms with E-state index in [0.29, 0.717) is 23.8 Å². The summed E-state index contributed by atoms with van der Waals surface area (Å²) in [6.07, 6.45) is 3.57. The number of hydrogen-bond acceptors (Lipinski definition) is 2. The van der Waals surface area contributed by atoms with Crippen molar-refractivity contribution in [3.05, 3.63) is 64.6 Å². The fourth-order valence-corrected chi connectivity index (χ4v) is 3.16. The van der Waals surface area contributed by atoms with Crippen LogP contribution in [0, 0.1) is 5.82 Å². The third-order valence-electron chi connectivity index (χ3n) is 4.33. The lowest BCUT2D eigenvalue weighted by Gasteiger charge is -2.11. The van der Waals surface area contributed by atoms with Gasteiger partial charge in [-0.3, -0.25) is 0 Å². The largest absolute Gasteiger partial charge is 0.489 e. The van der Waals surface area contributed by atoms with Crippen LogP contribution in [-0.4, -0.2) is 24.8 Å². The second-order valence-corrected chi connectivity index (χ2v) is 6.55. The topological polar surface area (TPSA) is 26.2 Å². The van der Waals surface area contributed by atoms with Crippen molar-refractivity contribution in [2.24, 2.45) is 7.05 Å². The summed E-state index contributed by atoms with van der Waals surface area (Å²) in [6, 6.07) is 10.9. The van der Waals surface area contributed by atoms with Crippen molar-refractivity contribution < 1.29 is 9.13 Å². The number of nitrogens with zero attached hydrogens (tertiary/aromatic N) is 1. The van der Waals surface area contributed by atoms with Crippen LogP contribution in [0.15, 0.2) is 42.6 Å². The van der Waals surface area contributed by atoms with Gasteiger partial charge in [-0.15, -0.1) is 0 Å². The second-order valence-electron chi connectivity index (χ2n) is 6.11. The molecule has 3 nitrogen and oxygen atoms in total. The molecule has 0 spiro atoms. The van der Waals surface area contributed by atoms with Crippen molar-refractivity contribution in [2.75, 3.05) is 20.2 Å². The molecule has 0 radical (unpaired) electrons. The Labute approximate surface area is 152 Å². The number of nitrogens with one attached hydrogen (secondary N) is 1. The molecule has 3 aromatic rings. The molecular weight excluding hydrogens is 339 g/mol.